The van der Waals surface area contributed by atoms with Crippen molar-refractivity contribution >= 4 is 21.8 Å². The number of aliphatic hydroxyl groups is 2. The molecule has 0 radical (unpaired) electrons. The van der Waals surface area contributed by atoms with Crippen molar-refractivity contribution in [1.82, 2.24) is 4.90 Å². The van der Waals surface area contributed by atoms with Crippen molar-refractivity contribution < 1.29 is 15.0 Å². The first-order valence-corrected chi connectivity index (χ1v) is 7.12. The lowest BCUT2D eigenvalue weighted by Crippen LogP contribution is -2.36. The minimum absolute atomic E-state index is 0.0430. The SMILES string of the molecule is CC(CC(=O)N(CCO)CCO)c1ccc(Br)cc1. The Bertz CT molecular complexity index is 388. The highest BCUT2D eigenvalue weighted by atomic mass is 79.9. The summed E-state index contributed by atoms with van der Waals surface area (Å²) in [6.45, 7) is 2.37. The van der Waals surface area contributed by atoms with E-state index in [1.54, 1.807) is 0 Å². The molecule has 19 heavy (non-hydrogen) atoms. The van der Waals surface area contributed by atoms with Gasteiger partial charge in [0.15, 0.2) is 0 Å². The monoisotopic (exact) mass is 329 g/mol. The molecule has 0 aliphatic rings. The van der Waals surface area contributed by atoms with E-state index in [0.29, 0.717) is 6.42 Å². The Hall–Kier alpha value is -0.910. The van der Waals surface area contributed by atoms with Gasteiger partial charge in [-0.3, -0.25) is 4.79 Å². The van der Waals surface area contributed by atoms with Gasteiger partial charge in [-0.25, -0.2) is 0 Å². The second-order valence-corrected chi connectivity index (χ2v) is 5.40. The molecule has 1 rings (SSSR count). The van der Waals surface area contributed by atoms with Gasteiger partial charge < -0.3 is 15.1 Å². The quantitative estimate of drug-likeness (QED) is 0.801. The van der Waals surface area contributed by atoms with E-state index in [0.717, 1.165) is 10.0 Å². The highest BCUT2D eigenvalue weighted by Gasteiger charge is 2.16. The molecule has 0 saturated heterocycles. The van der Waals surface area contributed by atoms with Crippen LogP contribution in [-0.4, -0.2) is 47.3 Å². The standard InChI is InChI=1S/C14H20BrNO3/c1-11(12-2-4-13(15)5-3-12)10-14(19)16(6-8-17)7-9-18/h2-5,11,17-18H,6-10H2,1H3. The number of hydrogen-bond donors (Lipinski definition) is 2. The number of benzene rings is 1. The second kappa shape index (κ2) is 8.30. The van der Waals surface area contributed by atoms with E-state index in [-0.39, 0.29) is 38.1 Å². The Morgan fingerprint density at radius 3 is 2.21 bits per heavy atom. The number of halogens is 1. The lowest BCUT2D eigenvalue weighted by Gasteiger charge is -2.22. The smallest absolute Gasteiger partial charge is 0.223 e. The van der Waals surface area contributed by atoms with Gasteiger partial charge in [-0.1, -0.05) is 35.0 Å². The molecule has 1 aromatic carbocycles. The van der Waals surface area contributed by atoms with Gasteiger partial charge in [-0.2, -0.15) is 0 Å². The molecule has 1 unspecified atom stereocenters. The first-order chi connectivity index (χ1) is 9.08. The number of aliphatic hydroxyl groups excluding tert-OH is 2. The zero-order valence-electron chi connectivity index (χ0n) is 11.1. The van der Waals surface area contributed by atoms with Crippen LogP contribution in [0.5, 0.6) is 0 Å². The average molecular weight is 330 g/mol. The van der Waals surface area contributed by atoms with Crippen LogP contribution in [-0.2, 0) is 4.79 Å². The Balaban J connectivity index is 2.61. The van der Waals surface area contributed by atoms with Gasteiger partial charge in [0.05, 0.1) is 13.2 Å². The number of nitrogens with zero attached hydrogens (tertiary/aromatic N) is 1. The highest BCUT2D eigenvalue weighted by Crippen LogP contribution is 2.22. The van der Waals surface area contributed by atoms with E-state index in [2.05, 4.69) is 15.9 Å². The third-order valence-electron chi connectivity index (χ3n) is 3.01. The zero-order chi connectivity index (χ0) is 14.3. The maximum absolute atomic E-state index is 12.1. The highest BCUT2D eigenvalue weighted by molar-refractivity contribution is 9.10. The Kier molecular flexibility index (Phi) is 7.05. The van der Waals surface area contributed by atoms with Crippen LogP contribution in [0.15, 0.2) is 28.7 Å². The predicted molar refractivity (Wildman–Crippen MR) is 77.9 cm³/mol. The van der Waals surface area contributed by atoms with Crippen LogP contribution in [0.3, 0.4) is 0 Å². The Morgan fingerprint density at radius 2 is 1.74 bits per heavy atom. The van der Waals surface area contributed by atoms with E-state index in [9.17, 15) is 4.79 Å². The predicted octanol–water partition coefficient (Wildman–Crippen LogP) is 1.76. The Labute approximate surface area is 122 Å². The van der Waals surface area contributed by atoms with Gasteiger partial charge in [0, 0.05) is 24.0 Å². The summed E-state index contributed by atoms with van der Waals surface area (Å²) in [5.74, 6) is 0.0685. The topological polar surface area (TPSA) is 60.8 Å². The largest absolute Gasteiger partial charge is 0.395 e. The maximum atomic E-state index is 12.1. The molecule has 0 bridgehead atoms. The van der Waals surface area contributed by atoms with Gasteiger partial charge in [-0.05, 0) is 23.6 Å². The van der Waals surface area contributed by atoms with Crippen molar-refractivity contribution in [3.8, 4) is 0 Å². The Morgan fingerprint density at radius 1 is 1.21 bits per heavy atom. The summed E-state index contributed by atoms with van der Waals surface area (Å²) in [4.78, 5) is 13.6. The fourth-order valence-electron chi connectivity index (χ4n) is 1.90. The molecule has 0 fully saturated rings. The number of rotatable bonds is 7. The van der Waals surface area contributed by atoms with E-state index < -0.39 is 0 Å². The maximum Gasteiger partial charge on any atom is 0.223 e. The normalized spacial score (nSPS) is 12.2. The summed E-state index contributed by atoms with van der Waals surface area (Å²) in [5.41, 5.74) is 1.10. The van der Waals surface area contributed by atoms with Crippen LogP contribution >= 0.6 is 15.9 Å². The van der Waals surface area contributed by atoms with Gasteiger partial charge in [0.25, 0.3) is 0 Å². The lowest BCUT2D eigenvalue weighted by atomic mass is 9.97. The summed E-state index contributed by atoms with van der Waals surface area (Å²) < 4.78 is 1.01. The first kappa shape index (κ1) is 16.1. The van der Waals surface area contributed by atoms with Gasteiger partial charge in [0.1, 0.15) is 0 Å². The molecule has 4 nitrogen and oxygen atoms in total. The molecule has 0 saturated carbocycles. The van der Waals surface area contributed by atoms with Crippen molar-refractivity contribution in [1.29, 1.82) is 0 Å². The third kappa shape index (κ3) is 5.30. The fourth-order valence-corrected chi connectivity index (χ4v) is 2.17. The molecule has 1 amide bonds. The molecule has 0 aromatic heterocycles. The molecule has 0 spiro atoms. The van der Waals surface area contributed by atoms with Crippen molar-refractivity contribution in [3.05, 3.63) is 34.3 Å². The molecule has 5 heteroatoms. The van der Waals surface area contributed by atoms with Crippen molar-refractivity contribution in [2.75, 3.05) is 26.3 Å². The summed E-state index contributed by atoms with van der Waals surface area (Å²) in [6.07, 6.45) is 0.377. The summed E-state index contributed by atoms with van der Waals surface area (Å²) in [6, 6.07) is 7.89. The van der Waals surface area contributed by atoms with Crippen molar-refractivity contribution in [3.63, 3.8) is 0 Å². The third-order valence-corrected chi connectivity index (χ3v) is 3.54. The van der Waals surface area contributed by atoms with E-state index in [1.807, 2.05) is 31.2 Å². The first-order valence-electron chi connectivity index (χ1n) is 6.33. The molecule has 1 aromatic rings. The molecule has 0 aliphatic heterocycles. The zero-order valence-corrected chi connectivity index (χ0v) is 12.6. The van der Waals surface area contributed by atoms with Gasteiger partial charge >= 0.3 is 0 Å². The lowest BCUT2D eigenvalue weighted by molar-refractivity contribution is -0.132. The van der Waals surface area contributed by atoms with Crippen molar-refractivity contribution in [2.24, 2.45) is 0 Å². The summed E-state index contributed by atoms with van der Waals surface area (Å²) in [7, 11) is 0. The fraction of sp³-hybridized carbons (Fsp3) is 0.500. The van der Waals surface area contributed by atoms with Crippen LogP contribution in [0, 0.1) is 0 Å². The summed E-state index contributed by atoms with van der Waals surface area (Å²) >= 11 is 3.38. The van der Waals surface area contributed by atoms with Crippen LogP contribution in [0.4, 0.5) is 0 Å². The number of carbonyl (C=O) groups excluding carboxylic acids is 1. The van der Waals surface area contributed by atoms with Crippen LogP contribution in [0.25, 0.3) is 0 Å². The van der Waals surface area contributed by atoms with E-state index in [1.165, 1.54) is 4.90 Å². The minimum Gasteiger partial charge on any atom is -0.395 e. The van der Waals surface area contributed by atoms with Gasteiger partial charge in [-0.15, -0.1) is 0 Å². The molecule has 0 heterocycles. The van der Waals surface area contributed by atoms with Crippen LogP contribution in [0.1, 0.15) is 24.8 Å². The summed E-state index contributed by atoms with van der Waals surface area (Å²) in [5, 5.41) is 17.8. The number of carbonyl (C=O) groups is 1. The molecule has 2 N–H and O–H groups in total. The molecule has 0 aliphatic carbocycles. The molecule has 106 valence electrons. The second-order valence-electron chi connectivity index (χ2n) is 4.48. The number of hydrogen-bond acceptors (Lipinski definition) is 3. The molecule has 1 atom stereocenters. The molecular formula is C14H20BrNO3. The van der Waals surface area contributed by atoms with E-state index in [4.69, 9.17) is 10.2 Å². The minimum atomic E-state index is -0.0849. The molecular weight excluding hydrogens is 310 g/mol. The van der Waals surface area contributed by atoms with E-state index >= 15 is 0 Å². The van der Waals surface area contributed by atoms with Crippen LogP contribution < -0.4 is 0 Å². The average Bonchev–Trinajstić information content (AvgIpc) is 2.39. The number of amides is 1. The van der Waals surface area contributed by atoms with Crippen molar-refractivity contribution in [2.45, 2.75) is 19.3 Å². The van der Waals surface area contributed by atoms with Gasteiger partial charge in [0.2, 0.25) is 5.91 Å². The van der Waals surface area contributed by atoms with Crippen LogP contribution in [0.2, 0.25) is 0 Å².